The van der Waals surface area contributed by atoms with Crippen molar-refractivity contribution in [2.75, 3.05) is 6.54 Å². The molecule has 0 aliphatic heterocycles. The van der Waals surface area contributed by atoms with Crippen molar-refractivity contribution >= 4 is 6.09 Å². The summed E-state index contributed by atoms with van der Waals surface area (Å²) >= 11 is 0. The summed E-state index contributed by atoms with van der Waals surface area (Å²) in [6, 6.07) is 3.90. The molecular formula is C10H16N2O2. The van der Waals surface area contributed by atoms with Gasteiger partial charge >= 0.3 is 6.09 Å². The summed E-state index contributed by atoms with van der Waals surface area (Å²) in [5.74, 6) is 0. The third-order valence-corrected chi connectivity index (χ3v) is 1.65. The van der Waals surface area contributed by atoms with Gasteiger partial charge in [-0.05, 0) is 26.0 Å². The predicted octanol–water partition coefficient (Wildman–Crippen LogP) is 1.62. The molecule has 0 fully saturated rings. The van der Waals surface area contributed by atoms with Gasteiger partial charge in [0, 0.05) is 25.5 Å². The van der Waals surface area contributed by atoms with Crippen molar-refractivity contribution in [3.63, 3.8) is 0 Å². The van der Waals surface area contributed by atoms with Crippen molar-refractivity contribution in [2.24, 2.45) is 0 Å². The minimum absolute atomic E-state index is 0.0680. The molecule has 1 aromatic rings. The second-order valence-electron chi connectivity index (χ2n) is 3.30. The number of amides is 1. The van der Waals surface area contributed by atoms with Crippen LogP contribution >= 0.6 is 0 Å². The lowest BCUT2D eigenvalue weighted by Gasteiger charge is -2.09. The predicted molar refractivity (Wildman–Crippen MR) is 54.1 cm³/mol. The van der Waals surface area contributed by atoms with E-state index in [-0.39, 0.29) is 12.2 Å². The van der Waals surface area contributed by atoms with Gasteiger partial charge in [-0.25, -0.2) is 4.79 Å². The summed E-state index contributed by atoms with van der Waals surface area (Å²) in [5, 5.41) is 2.67. The Bertz CT molecular complexity index is 268. The molecule has 4 heteroatoms. The van der Waals surface area contributed by atoms with Crippen LogP contribution in [-0.4, -0.2) is 23.3 Å². The summed E-state index contributed by atoms with van der Waals surface area (Å²) in [4.78, 5) is 11.0. The summed E-state index contributed by atoms with van der Waals surface area (Å²) < 4.78 is 6.91. The zero-order valence-corrected chi connectivity index (χ0v) is 8.56. The van der Waals surface area contributed by atoms with Gasteiger partial charge in [0.25, 0.3) is 0 Å². The van der Waals surface area contributed by atoms with E-state index in [2.05, 4.69) is 5.32 Å². The van der Waals surface area contributed by atoms with E-state index in [1.54, 1.807) is 0 Å². The van der Waals surface area contributed by atoms with Crippen LogP contribution in [-0.2, 0) is 11.3 Å². The smallest absolute Gasteiger partial charge is 0.407 e. The maximum atomic E-state index is 11.0. The number of nitrogens with one attached hydrogen (secondary N) is 1. The van der Waals surface area contributed by atoms with Crippen molar-refractivity contribution in [3.8, 4) is 0 Å². The fourth-order valence-electron chi connectivity index (χ4n) is 1.06. The Balaban J connectivity index is 2.12. The average Bonchev–Trinajstić information content (AvgIpc) is 2.55. The molecule has 1 N–H and O–H groups in total. The van der Waals surface area contributed by atoms with Gasteiger partial charge in [0.1, 0.15) is 0 Å². The Morgan fingerprint density at radius 2 is 2.07 bits per heavy atom. The number of alkyl carbamates (subject to hydrolysis) is 1. The third-order valence-electron chi connectivity index (χ3n) is 1.65. The van der Waals surface area contributed by atoms with Crippen molar-refractivity contribution in [1.82, 2.24) is 9.88 Å². The van der Waals surface area contributed by atoms with Crippen LogP contribution in [0.15, 0.2) is 24.5 Å². The second-order valence-corrected chi connectivity index (χ2v) is 3.30. The number of nitrogens with zero attached hydrogens (tertiary/aromatic N) is 1. The molecule has 0 spiro atoms. The first kappa shape index (κ1) is 10.6. The Morgan fingerprint density at radius 1 is 1.43 bits per heavy atom. The SMILES string of the molecule is CC(C)OC(=O)NCCn1cccc1. The zero-order valence-electron chi connectivity index (χ0n) is 8.56. The lowest BCUT2D eigenvalue weighted by molar-refractivity contribution is 0.115. The molecule has 1 rings (SSSR count). The van der Waals surface area contributed by atoms with E-state index in [9.17, 15) is 4.79 Å². The topological polar surface area (TPSA) is 43.3 Å². The second kappa shape index (κ2) is 5.32. The molecule has 4 nitrogen and oxygen atoms in total. The van der Waals surface area contributed by atoms with E-state index in [1.807, 2.05) is 42.9 Å². The Hall–Kier alpha value is -1.45. The highest BCUT2D eigenvalue weighted by atomic mass is 16.6. The molecule has 0 saturated heterocycles. The average molecular weight is 196 g/mol. The van der Waals surface area contributed by atoms with Gasteiger partial charge in [0.15, 0.2) is 0 Å². The molecule has 0 atom stereocenters. The Morgan fingerprint density at radius 3 is 2.64 bits per heavy atom. The normalized spacial score (nSPS) is 10.2. The van der Waals surface area contributed by atoms with Gasteiger partial charge in [-0.1, -0.05) is 0 Å². The van der Waals surface area contributed by atoms with E-state index < -0.39 is 0 Å². The van der Waals surface area contributed by atoms with Gasteiger partial charge < -0.3 is 14.6 Å². The molecule has 0 aliphatic rings. The molecular weight excluding hydrogens is 180 g/mol. The first-order valence-corrected chi connectivity index (χ1v) is 4.73. The standard InChI is InChI=1S/C10H16N2O2/c1-9(2)14-10(13)11-5-8-12-6-3-4-7-12/h3-4,6-7,9H,5,8H2,1-2H3,(H,11,13). The fraction of sp³-hybridized carbons (Fsp3) is 0.500. The van der Waals surface area contributed by atoms with Crippen molar-refractivity contribution in [2.45, 2.75) is 26.5 Å². The molecule has 0 radical (unpaired) electrons. The summed E-state index contributed by atoms with van der Waals surface area (Å²) in [6.45, 7) is 5.00. The highest BCUT2D eigenvalue weighted by molar-refractivity contribution is 5.67. The number of rotatable bonds is 4. The van der Waals surface area contributed by atoms with Crippen LogP contribution in [0.25, 0.3) is 0 Å². The quantitative estimate of drug-likeness (QED) is 0.795. The van der Waals surface area contributed by atoms with Gasteiger partial charge in [-0.3, -0.25) is 0 Å². The van der Waals surface area contributed by atoms with Crippen molar-refractivity contribution in [1.29, 1.82) is 0 Å². The summed E-state index contributed by atoms with van der Waals surface area (Å²) in [6.07, 6.45) is 3.49. The molecule has 1 amide bonds. The first-order chi connectivity index (χ1) is 6.68. The van der Waals surface area contributed by atoms with Crippen LogP contribution in [0.3, 0.4) is 0 Å². The number of ether oxygens (including phenoxy) is 1. The maximum absolute atomic E-state index is 11.0. The van der Waals surface area contributed by atoms with Crippen LogP contribution < -0.4 is 5.32 Å². The fourth-order valence-corrected chi connectivity index (χ4v) is 1.06. The van der Waals surface area contributed by atoms with E-state index in [0.717, 1.165) is 6.54 Å². The largest absolute Gasteiger partial charge is 0.447 e. The molecule has 0 saturated carbocycles. The molecule has 0 bridgehead atoms. The minimum atomic E-state index is -0.354. The maximum Gasteiger partial charge on any atom is 0.407 e. The number of carbonyl (C=O) groups is 1. The molecule has 0 aromatic carbocycles. The number of aromatic nitrogens is 1. The van der Waals surface area contributed by atoms with Crippen LogP contribution in [0, 0.1) is 0 Å². The molecule has 78 valence electrons. The van der Waals surface area contributed by atoms with Gasteiger partial charge in [0.2, 0.25) is 0 Å². The first-order valence-electron chi connectivity index (χ1n) is 4.73. The molecule has 1 heterocycles. The molecule has 1 aromatic heterocycles. The Kier molecular flexibility index (Phi) is 4.04. The van der Waals surface area contributed by atoms with Crippen molar-refractivity contribution < 1.29 is 9.53 Å². The lowest BCUT2D eigenvalue weighted by Crippen LogP contribution is -2.29. The molecule has 14 heavy (non-hydrogen) atoms. The van der Waals surface area contributed by atoms with E-state index in [1.165, 1.54) is 0 Å². The van der Waals surface area contributed by atoms with E-state index in [4.69, 9.17) is 4.74 Å². The highest BCUT2D eigenvalue weighted by Gasteiger charge is 2.02. The molecule has 0 aliphatic carbocycles. The van der Waals surface area contributed by atoms with Crippen LogP contribution in [0.4, 0.5) is 4.79 Å². The van der Waals surface area contributed by atoms with Gasteiger partial charge in [-0.15, -0.1) is 0 Å². The third kappa shape index (κ3) is 3.98. The summed E-state index contributed by atoms with van der Waals surface area (Å²) in [5.41, 5.74) is 0. The monoisotopic (exact) mass is 196 g/mol. The summed E-state index contributed by atoms with van der Waals surface area (Å²) in [7, 11) is 0. The minimum Gasteiger partial charge on any atom is -0.447 e. The number of hydrogen-bond acceptors (Lipinski definition) is 2. The van der Waals surface area contributed by atoms with Crippen LogP contribution in [0.2, 0.25) is 0 Å². The van der Waals surface area contributed by atoms with E-state index in [0.29, 0.717) is 6.54 Å². The molecule has 0 unspecified atom stereocenters. The van der Waals surface area contributed by atoms with Crippen molar-refractivity contribution in [3.05, 3.63) is 24.5 Å². The van der Waals surface area contributed by atoms with E-state index >= 15 is 0 Å². The zero-order chi connectivity index (χ0) is 10.4. The van der Waals surface area contributed by atoms with Gasteiger partial charge in [0.05, 0.1) is 6.10 Å². The Labute approximate surface area is 83.9 Å². The van der Waals surface area contributed by atoms with Crippen LogP contribution in [0.5, 0.6) is 0 Å². The lowest BCUT2D eigenvalue weighted by atomic mass is 10.5. The highest BCUT2D eigenvalue weighted by Crippen LogP contribution is 1.90. The van der Waals surface area contributed by atoms with Crippen LogP contribution in [0.1, 0.15) is 13.8 Å². The number of carbonyl (C=O) groups excluding carboxylic acids is 1. The van der Waals surface area contributed by atoms with Gasteiger partial charge in [-0.2, -0.15) is 0 Å². The number of hydrogen-bond donors (Lipinski definition) is 1.